The molecule has 124 valence electrons. The van der Waals surface area contributed by atoms with Crippen molar-refractivity contribution in [1.82, 2.24) is 15.1 Å². The van der Waals surface area contributed by atoms with Crippen LogP contribution in [0.2, 0.25) is 0 Å². The lowest BCUT2D eigenvalue weighted by molar-refractivity contribution is -0.0154. The van der Waals surface area contributed by atoms with E-state index in [1.165, 1.54) is 19.3 Å². The van der Waals surface area contributed by atoms with Gasteiger partial charge >= 0.3 is 0 Å². The van der Waals surface area contributed by atoms with Crippen LogP contribution in [-0.2, 0) is 6.54 Å². The van der Waals surface area contributed by atoms with Crippen LogP contribution in [0.15, 0.2) is 42.6 Å². The second kappa shape index (κ2) is 7.28. The van der Waals surface area contributed by atoms with Crippen molar-refractivity contribution in [2.45, 2.75) is 51.2 Å². The number of aromatic nitrogens is 2. The predicted molar refractivity (Wildman–Crippen MR) is 92.5 cm³/mol. The molecule has 3 rings (SSSR count). The Morgan fingerprint density at radius 2 is 1.91 bits per heavy atom. The molecule has 1 atom stereocenters. The maximum Gasteiger partial charge on any atom is 0.0771 e. The van der Waals surface area contributed by atoms with Gasteiger partial charge in [-0.1, -0.05) is 37.5 Å². The average Bonchev–Trinajstić information content (AvgIpc) is 3.05. The van der Waals surface area contributed by atoms with Gasteiger partial charge < -0.3 is 10.4 Å². The minimum atomic E-state index is -0.623. The summed E-state index contributed by atoms with van der Waals surface area (Å²) in [6, 6.07) is 12.1. The van der Waals surface area contributed by atoms with Gasteiger partial charge in [0.1, 0.15) is 0 Å². The topological polar surface area (TPSA) is 50.1 Å². The molecule has 0 amide bonds. The van der Waals surface area contributed by atoms with E-state index in [0.717, 1.165) is 24.2 Å². The normalized spacial score (nSPS) is 18.7. The van der Waals surface area contributed by atoms with Crippen molar-refractivity contribution in [3.8, 4) is 5.69 Å². The van der Waals surface area contributed by atoms with Gasteiger partial charge in [-0.2, -0.15) is 5.10 Å². The third-order valence-electron chi connectivity index (χ3n) is 4.94. The Hall–Kier alpha value is -1.65. The number of hydrogen-bond acceptors (Lipinski definition) is 3. The summed E-state index contributed by atoms with van der Waals surface area (Å²) in [6.07, 6.45) is 8.10. The highest BCUT2D eigenvalue weighted by Gasteiger charge is 2.32. The van der Waals surface area contributed by atoms with E-state index in [1.807, 2.05) is 54.2 Å². The van der Waals surface area contributed by atoms with Crippen LogP contribution < -0.4 is 5.32 Å². The van der Waals surface area contributed by atoms with E-state index in [1.54, 1.807) is 0 Å². The fourth-order valence-corrected chi connectivity index (χ4v) is 3.49. The zero-order valence-corrected chi connectivity index (χ0v) is 13.9. The van der Waals surface area contributed by atoms with Crippen molar-refractivity contribution in [3.05, 3.63) is 48.3 Å². The highest BCUT2D eigenvalue weighted by molar-refractivity contribution is 5.30. The maximum atomic E-state index is 10.7. The minimum Gasteiger partial charge on any atom is -0.389 e. The Bertz CT molecular complexity index is 600. The molecular weight excluding hydrogens is 286 g/mol. The molecule has 2 N–H and O–H groups in total. The van der Waals surface area contributed by atoms with Gasteiger partial charge in [-0.05, 0) is 43.9 Å². The van der Waals surface area contributed by atoms with Gasteiger partial charge in [0.15, 0.2) is 0 Å². The third-order valence-corrected chi connectivity index (χ3v) is 4.94. The van der Waals surface area contributed by atoms with Crippen LogP contribution in [-0.4, -0.2) is 27.0 Å². The van der Waals surface area contributed by atoms with Gasteiger partial charge in [0.05, 0.1) is 17.0 Å². The number of para-hydroxylation sites is 1. The summed E-state index contributed by atoms with van der Waals surface area (Å²) in [7, 11) is 0. The molecule has 1 heterocycles. The minimum absolute atomic E-state index is 0.422. The SMILES string of the molecule is CC(O)(CNCc1ccn(-c2ccccc2)n1)C1CCCCC1. The molecule has 1 fully saturated rings. The van der Waals surface area contributed by atoms with E-state index in [0.29, 0.717) is 19.0 Å². The smallest absolute Gasteiger partial charge is 0.0771 e. The lowest BCUT2D eigenvalue weighted by Gasteiger charge is -2.35. The lowest BCUT2D eigenvalue weighted by Crippen LogP contribution is -2.44. The van der Waals surface area contributed by atoms with E-state index < -0.39 is 5.60 Å². The lowest BCUT2D eigenvalue weighted by atomic mass is 9.78. The first-order chi connectivity index (χ1) is 11.1. The second-order valence-corrected chi connectivity index (χ2v) is 6.88. The summed E-state index contributed by atoms with van der Waals surface area (Å²) in [5.41, 5.74) is 1.43. The largest absolute Gasteiger partial charge is 0.389 e. The Morgan fingerprint density at radius 3 is 2.65 bits per heavy atom. The average molecular weight is 313 g/mol. The van der Waals surface area contributed by atoms with E-state index in [4.69, 9.17) is 0 Å². The summed E-state index contributed by atoms with van der Waals surface area (Å²) >= 11 is 0. The molecular formula is C19H27N3O. The van der Waals surface area contributed by atoms with Crippen LogP contribution in [0.1, 0.15) is 44.7 Å². The van der Waals surface area contributed by atoms with Crippen LogP contribution in [0.3, 0.4) is 0 Å². The molecule has 1 aliphatic carbocycles. The fourth-order valence-electron chi connectivity index (χ4n) is 3.49. The summed E-state index contributed by atoms with van der Waals surface area (Å²) in [4.78, 5) is 0. The molecule has 0 aliphatic heterocycles. The molecule has 2 aromatic rings. The van der Waals surface area contributed by atoms with E-state index in [2.05, 4.69) is 10.4 Å². The zero-order chi connectivity index (χ0) is 16.1. The van der Waals surface area contributed by atoms with Gasteiger partial charge in [-0.15, -0.1) is 0 Å². The highest BCUT2D eigenvalue weighted by atomic mass is 16.3. The van der Waals surface area contributed by atoms with Crippen molar-refractivity contribution in [1.29, 1.82) is 0 Å². The molecule has 0 radical (unpaired) electrons. The highest BCUT2D eigenvalue weighted by Crippen LogP contribution is 2.32. The Balaban J connectivity index is 1.52. The van der Waals surface area contributed by atoms with Crippen LogP contribution >= 0.6 is 0 Å². The molecule has 0 saturated heterocycles. The van der Waals surface area contributed by atoms with Crippen LogP contribution in [0.5, 0.6) is 0 Å². The molecule has 0 spiro atoms. The molecule has 0 bridgehead atoms. The first-order valence-electron chi connectivity index (χ1n) is 8.68. The number of nitrogens with zero attached hydrogens (tertiary/aromatic N) is 2. The third kappa shape index (κ3) is 4.21. The van der Waals surface area contributed by atoms with Gasteiger partial charge in [-0.25, -0.2) is 4.68 Å². The standard InChI is InChI=1S/C19H27N3O/c1-19(23,16-8-4-2-5-9-16)15-20-14-17-12-13-22(21-17)18-10-6-3-7-11-18/h3,6-7,10-13,16,20,23H,2,4-5,8-9,14-15H2,1H3. The van der Waals surface area contributed by atoms with Gasteiger partial charge in [-0.3, -0.25) is 0 Å². The van der Waals surface area contributed by atoms with E-state index in [9.17, 15) is 5.11 Å². The Morgan fingerprint density at radius 1 is 1.17 bits per heavy atom. The summed E-state index contributed by atoms with van der Waals surface area (Å²) in [5.74, 6) is 0.422. The fraction of sp³-hybridized carbons (Fsp3) is 0.526. The number of rotatable bonds is 6. The van der Waals surface area contributed by atoms with E-state index in [-0.39, 0.29) is 0 Å². The predicted octanol–water partition coefficient (Wildman–Crippen LogP) is 3.29. The molecule has 1 aromatic heterocycles. The Kier molecular flexibility index (Phi) is 5.13. The van der Waals surface area contributed by atoms with Gasteiger partial charge in [0.2, 0.25) is 0 Å². The van der Waals surface area contributed by atoms with Gasteiger partial charge in [0.25, 0.3) is 0 Å². The molecule has 1 aromatic carbocycles. The first kappa shape index (κ1) is 16.2. The molecule has 4 heteroatoms. The van der Waals surface area contributed by atoms with Crippen molar-refractivity contribution < 1.29 is 5.11 Å². The Labute approximate surface area is 138 Å². The molecule has 4 nitrogen and oxygen atoms in total. The molecule has 1 aliphatic rings. The summed E-state index contributed by atoms with van der Waals surface area (Å²) < 4.78 is 1.89. The maximum absolute atomic E-state index is 10.7. The zero-order valence-electron chi connectivity index (χ0n) is 13.9. The first-order valence-corrected chi connectivity index (χ1v) is 8.68. The quantitative estimate of drug-likeness (QED) is 0.860. The number of nitrogens with one attached hydrogen (secondary N) is 1. The van der Waals surface area contributed by atoms with Crippen molar-refractivity contribution in [2.24, 2.45) is 5.92 Å². The van der Waals surface area contributed by atoms with E-state index >= 15 is 0 Å². The van der Waals surface area contributed by atoms with Crippen LogP contribution in [0, 0.1) is 5.92 Å². The van der Waals surface area contributed by atoms with Crippen molar-refractivity contribution in [2.75, 3.05) is 6.54 Å². The number of aliphatic hydroxyl groups is 1. The monoisotopic (exact) mass is 313 g/mol. The molecule has 23 heavy (non-hydrogen) atoms. The van der Waals surface area contributed by atoms with Crippen LogP contribution in [0.4, 0.5) is 0 Å². The van der Waals surface area contributed by atoms with Crippen LogP contribution in [0.25, 0.3) is 5.69 Å². The number of hydrogen-bond donors (Lipinski definition) is 2. The van der Waals surface area contributed by atoms with Gasteiger partial charge in [0, 0.05) is 19.3 Å². The molecule has 1 unspecified atom stereocenters. The summed E-state index contributed by atoms with van der Waals surface area (Å²) in [6.45, 7) is 3.27. The van der Waals surface area contributed by atoms with Crippen molar-refractivity contribution >= 4 is 0 Å². The molecule has 1 saturated carbocycles. The van der Waals surface area contributed by atoms with Crippen molar-refractivity contribution in [3.63, 3.8) is 0 Å². The summed E-state index contributed by atoms with van der Waals surface area (Å²) in [5, 5.41) is 18.7. The second-order valence-electron chi connectivity index (χ2n) is 6.88. The number of benzene rings is 1.